The molecule has 2 rings (SSSR count). The molecule has 19 heavy (non-hydrogen) atoms. The van der Waals surface area contributed by atoms with E-state index >= 15 is 0 Å². The van der Waals surface area contributed by atoms with Gasteiger partial charge in [-0.1, -0.05) is 25.1 Å². The molecule has 1 aliphatic heterocycles. The van der Waals surface area contributed by atoms with Crippen molar-refractivity contribution >= 4 is 5.69 Å². The quantitative estimate of drug-likeness (QED) is 0.844. The fourth-order valence-corrected chi connectivity index (χ4v) is 3.00. The minimum atomic E-state index is 0.692. The summed E-state index contributed by atoms with van der Waals surface area (Å²) in [5.74, 6) is 0. The van der Waals surface area contributed by atoms with Gasteiger partial charge in [-0.05, 0) is 51.0 Å². The zero-order chi connectivity index (χ0) is 13.7. The monoisotopic (exact) mass is 261 g/mol. The van der Waals surface area contributed by atoms with Crippen molar-refractivity contribution in [3.63, 3.8) is 0 Å². The lowest BCUT2D eigenvalue weighted by molar-refractivity contribution is 0.185. The highest BCUT2D eigenvalue weighted by atomic mass is 15.2. The molecule has 1 heterocycles. The molecule has 106 valence electrons. The third-order valence-electron chi connectivity index (χ3n) is 4.22. The van der Waals surface area contributed by atoms with Crippen molar-refractivity contribution in [3.8, 4) is 0 Å². The van der Waals surface area contributed by atoms with Crippen LogP contribution in [0.2, 0.25) is 0 Å². The van der Waals surface area contributed by atoms with E-state index in [0.717, 1.165) is 18.7 Å². The maximum absolute atomic E-state index is 6.03. The summed E-state index contributed by atoms with van der Waals surface area (Å²) in [6.45, 7) is 7.06. The predicted molar refractivity (Wildman–Crippen MR) is 82.3 cm³/mol. The van der Waals surface area contributed by atoms with Crippen LogP contribution < -0.4 is 5.73 Å². The Labute approximate surface area is 117 Å². The van der Waals surface area contributed by atoms with Gasteiger partial charge in [0.25, 0.3) is 0 Å². The number of anilines is 1. The van der Waals surface area contributed by atoms with Gasteiger partial charge < -0.3 is 10.6 Å². The molecule has 3 nitrogen and oxygen atoms in total. The minimum absolute atomic E-state index is 0.692. The number of hydrogen-bond acceptors (Lipinski definition) is 3. The third kappa shape index (κ3) is 3.95. The van der Waals surface area contributed by atoms with Crippen molar-refractivity contribution in [2.24, 2.45) is 0 Å². The number of para-hydroxylation sites is 1. The minimum Gasteiger partial charge on any atom is -0.399 e. The second-order valence-corrected chi connectivity index (χ2v) is 5.66. The maximum Gasteiger partial charge on any atom is 0.0347 e. The van der Waals surface area contributed by atoms with Crippen LogP contribution in [0, 0.1) is 0 Å². The van der Waals surface area contributed by atoms with Crippen LogP contribution >= 0.6 is 0 Å². The molecule has 1 aromatic rings. The first-order chi connectivity index (χ1) is 9.20. The van der Waals surface area contributed by atoms with Crippen LogP contribution in [-0.2, 0) is 6.42 Å². The van der Waals surface area contributed by atoms with E-state index in [2.05, 4.69) is 35.9 Å². The lowest BCUT2D eigenvalue weighted by atomic mass is 10.1. The van der Waals surface area contributed by atoms with Crippen molar-refractivity contribution in [2.75, 3.05) is 39.0 Å². The highest BCUT2D eigenvalue weighted by Crippen LogP contribution is 2.16. The Morgan fingerprint density at radius 1 is 1.26 bits per heavy atom. The number of hydrogen-bond donors (Lipinski definition) is 1. The van der Waals surface area contributed by atoms with E-state index in [-0.39, 0.29) is 0 Å². The molecule has 2 N–H and O–H groups in total. The summed E-state index contributed by atoms with van der Waals surface area (Å²) in [5, 5.41) is 0. The SMILES string of the molecule is CCC1CN(C)CCCN1CCc1ccccc1N. The highest BCUT2D eigenvalue weighted by molar-refractivity contribution is 5.46. The van der Waals surface area contributed by atoms with E-state index in [9.17, 15) is 0 Å². The second kappa shape index (κ2) is 6.92. The molecular weight excluding hydrogens is 234 g/mol. The highest BCUT2D eigenvalue weighted by Gasteiger charge is 2.21. The molecule has 0 amide bonds. The van der Waals surface area contributed by atoms with Gasteiger partial charge >= 0.3 is 0 Å². The molecule has 1 atom stereocenters. The van der Waals surface area contributed by atoms with Crippen molar-refractivity contribution in [1.82, 2.24) is 9.80 Å². The Bertz CT molecular complexity index is 391. The Hall–Kier alpha value is -1.06. The van der Waals surface area contributed by atoms with E-state index in [1.165, 1.54) is 38.0 Å². The zero-order valence-corrected chi connectivity index (χ0v) is 12.3. The van der Waals surface area contributed by atoms with Crippen molar-refractivity contribution in [3.05, 3.63) is 29.8 Å². The van der Waals surface area contributed by atoms with Crippen LogP contribution in [0.1, 0.15) is 25.3 Å². The van der Waals surface area contributed by atoms with E-state index in [1.807, 2.05) is 12.1 Å². The standard InChI is InChI=1S/C16H27N3/c1-3-15-13-18(2)10-6-11-19(15)12-9-14-7-4-5-8-16(14)17/h4-5,7-8,15H,3,6,9-13,17H2,1-2H3. The molecule has 3 heteroatoms. The molecule has 0 aliphatic carbocycles. The van der Waals surface area contributed by atoms with Gasteiger partial charge in [0.2, 0.25) is 0 Å². The number of benzene rings is 1. The molecule has 0 spiro atoms. The molecular formula is C16H27N3. The summed E-state index contributed by atoms with van der Waals surface area (Å²) >= 11 is 0. The average Bonchev–Trinajstić information content (AvgIpc) is 2.59. The van der Waals surface area contributed by atoms with Crippen molar-refractivity contribution in [2.45, 2.75) is 32.2 Å². The van der Waals surface area contributed by atoms with Gasteiger partial charge in [0.1, 0.15) is 0 Å². The number of nitrogens with zero attached hydrogens (tertiary/aromatic N) is 2. The van der Waals surface area contributed by atoms with E-state index in [1.54, 1.807) is 0 Å². The topological polar surface area (TPSA) is 32.5 Å². The molecule has 1 aromatic carbocycles. The van der Waals surface area contributed by atoms with Gasteiger partial charge in [-0.2, -0.15) is 0 Å². The molecule has 1 saturated heterocycles. The molecule has 0 saturated carbocycles. The summed E-state index contributed by atoms with van der Waals surface area (Å²) in [6.07, 6.45) is 3.57. The summed E-state index contributed by atoms with van der Waals surface area (Å²) < 4.78 is 0. The van der Waals surface area contributed by atoms with E-state index < -0.39 is 0 Å². The van der Waals surface area contributed by atoms with Crippen molar-refractivity contribution in [1.29, 1.82) is 0 Å². The molecule has 0 radical (unpaired) electrons. The predicted octanol–water partition coefficient (Wildman–Crippen LogP) is 2.23. The number of nitrogens with two attached hydrogens (primary N) is 1. The van der Waals surface area contributed by atoms with Gasteiger partial charge in [-0.3, -0.25) is 4.90 Å². The van der Waals surface area contributed by atoms with Gasteiger partial charge in [0, 0.05) is 24.8 Å². The average molecular weight is 261 g/mol. The zero-order valence-electron chi connectivity index (χ0n) is 12.3. The Morgan fingerprint density at radius 2 is 2.05 bits per heavy atom. The lowest BCUT2D eigenvalue weighted by Gasteiger charge is -2.30. The third-order valence-corrected chi connectivity index (χ3v) is 4.22. The van der Waals surface area contributed by atoms with Crippen LogP contribution in [0.3, 0.4) is 0 Å². The number of rotatable bonds is 4. The van der Waals surface area contributed by atoms with Crippen LogP contribution in [0.4, 0.5) is 5.69 Å². The van der Waals surface area contributed by atoms with Gasteiger partial charge in [0.05, 0.1) is 0 Å². The molecule has 0 aromatic heterocycles. The fraction of sp³-hybridized carbons (Fsp3) is 0.625. The summed E-state index contributed by atoms with van der Waals surface area (Å²) in [5.41, 5.74) is 8.25. The molecule has 0 bridgehead atoms. The Kier molecular flexibility index (Phi) is 5.23. The van der Waals surface area contributed by atoms with Crippen molar-refractivity contribution < 1.29 is 0 Å². The first-order valence-electron chi connectivity index (χ1n) is 7.46. The normalized spacial score (nSPS) is 22.3. The maximum atomic E-state index is 6.03. The molecule has 1 unspecified atom stereocenters. The van der Waals surface area contributed by atoms with Crippen LogP contribution in [0.5, 0.6) is 0 Å². The van der Waals surface area contributed by atoms with Crippen LogP contribution in [-0.4, -0.2) is 49.1 Å². The number of likely N-dealkylation sites (N-methyl/N-ethyl adjacent to an activating group) is 1. The smallest absolute Gasteiger partial charge is 0.0347 e. The van der Waals surface area contributed by atoms with E-state index in [4.69, 9.17) is 5.73 Å². The van der Waals surface area contributed by atoms with Gasteiger partial charge in [0.15, 0.2) is 0 Å². The van der Waals surface area contributed by atoms with Gasteiger partial charge in [-0.25, -0.2) is 0 Å². The lowest BCUT2D eigenvalue weighted by Crippen LogP contribution is -2.40. The summed E-state index contributed by atoms with van der Waals surface area (Å²) in [7, 11) is 2.24. The van der Waals surface area contributed by atoms with Crippen LogP contribution in [0.25, 0.3) is 0 Å². The Balaban J connectivity index is 1.95. The van der Waals surface area contributed by atoms with Crippen LogP contribution in [0.15, 0.2) is 24.3 Å². The van der Waals surface area contributed by atoms with Gasteiger partial charge in [-0.15, -0.1) is 0 Å². The van der Waals surface area contributed by atoms with E-state index in [0.29, 0.717) is 6.04 Å². The first-order valence-corrected chi connectivity index (χ1v) is 7.46. The fourth-order valence-electron chi connectivity index (χ4n) is 3.00. The summed E-state index contributed by atoms with van der Waals surface area (Å²) in [6, 6.07) is 8.94. The summed E-state index contributed by atoms with van der Waals surface area (Å²) in [4.78, 5) is 5.11. The molecule has 1 fully saturated rings. The second-order valence-electron chi connectivity index (χ2n) is 5.66. The first kappa shape index (κ1) is 14.4. The Morgan fingerprint density at radius 3 is 2.79 bits per heavy atom. The molecule has 1 aliphatic rings. The largest absolute Gasteiger partial charge is 0.399 e. The number of nitrogen functional groups attached to an aromatic ring is 1.